The molecule has 166 valence electrons. The highest BCUT2D eigenvalue weighted by Gasteiger charge is 2.27. The third-order valence-corrected chi connectivity index (χ3v) is 6.07. The number of benzene rings is 2. The Morgan fingerprint density at radius 2 is 1.73 bits per heavy atom. The topological polar surface area (TPSA) is 110 Å². The summed E-state index contributed by atoms with van der Waals surface area (Å²) in [6.07, 6.45) is 3.54. The minimum Gasteiger partial charge on any atom is -0.368 e. The van der Waals surface area contributed by atoms with Crippen molar-refractivity contribution in [1.82, 2.24) is 24.9 Å². The zero-order chi connectivity index (χ0) is 22.9. The number of fused-ring (bicyclic) bond motifs is 1. The van der Waals surface area contributed by atoms with Gasteiger partial charge in [-0.2, -0.15) is 0 Å². The van der Waals surface area contributed by atoms with Crippen LogP contribution >= 0.6 is 0 Å². The summed E-state index contributed by atoms with van der Waals surface area (Å²) in [7, 11) is 0. The second-order valence-electron chi connectivity index (χ2n) is 8.00. The molecule has 2 amide bonds. The van der Waals surface area contributed by atoms with Gasteiger partial charge in [0.05, 0.1) is 11.4 Å². The Morgan fingerprint density at radius 1 is 0.970 bits per heavy atom. The summed E-state index contributed by atoms with van der Waals surface area (Å²) >= 11 is 0. The molecule has 0 atom stereocenters. The van der Waals surface area contributed by atoms with Crippen LogP contribution in [-0.4, -0.2) is 62.9 Å². The summed E-state index contributed by atoms with van der Waals surface area (Å²) < 4.78 is 1.71. The number of primary amides is 1. The Morgan fingerprint density at radius 3 is 2.45 bits per heavy atom. The van der Waals surface area contributed by atoms with Crippen molar-refractivity contribution in [3.05, 3.63) is 77.9 Å². The number of hydrogen-bond acceptors (Lipinski definition) is 6. The van der Waals surface area contributed by atoms with Crippen molar-refractivity contribution in [1.29, 1.82) is 0 Å². The molecule has 0 unspecified atom stereocenters. The summed E-state index contributed by atoms with van der Waals surface area (Å²) in [6.45, 7) is 4.38. The number of carbonyl (C=O) groups is 2. The average Bonchev–Trinajstić information content (AvgIpc) is 3.24. The van der Waals surface area contributed by atoms with Crippen LogP contribution in [0.1, 0.15) is 26.5 Å². The molecule has 0 spiro atoms. The third-order valence-electron chi connectivity index (χ3n) is 6.07. The number of piperazine rings is 1. The number of hydrogen-bond donors (Lipinski definition) is 1. The molecule has 2 aromatic heterocycles. The van der Waals surface area contributed by atoms with Gasteiger partial charge in [0.25, 0.3) is 5.91 Å². The largest absolute Gasteiger partial charge is 0.368 e. The molecule has 1 saturated heterocycles. The van der Waals surface area contributed by atoms with E-state index in [1.54, 1.807) is 29.2 Å². The molecular formula is C24H23N7O2. The van der Waals surface area contributed by atoms with Crippen molar-refractivity contribution in [3.63, 3.8) is 0 Å². The average molecular weight is 441 g/mol. The number of amides is 2. The van der Waals surface area contributed by atoms with E-state index in [1.165, 1.54) is 0 Å². The molecule has 9 heteroatoms. The number of carbonyl (C=O) groups excluding carboxylic acids is 2. The molecule has 0 radical (unpaired) electrons. The number of rotatable bonds is 4. The molecule has 3 heterocycles. The molecule has 0 aliphatic carbocycles. The first-order valence-corrected chi connectivity index (χ1v) is 10.7. The first-order valence-electron chi connectivity index (χ1n) is 10.7. The van der Waals surface area contributed by atoms with Crippen LogP contribution in [0.25, 0.3) is 16.5 Å². The Hall–Kier alpha value is -4.27. The van der Waals surface area contributed by atoms with Gasteiger partial charge in [0, 0.05) is 60.6 Å². The Bertz CT molecular complexity index is 1330. The lowest BCUT2D eigenvalue weighted by Crippen LogP contribution is -2.49. The number of nitrogens with two attached hydrogens (primary N) is 1. The van der Waals surface area contributed by atoms with Crippen molar-refractivity contribution in [3.8, 4) is 5.69 Å². The SMILES string of the molecule is Cc1c(C(=O)N2CCN(c3ccc(C(N)=O)cc3)CC2)nnn1-c1cccc2cnccc12. The van der Waals surface area contributed by atoms with Crippen LogP contribution in [-0.2, 0) is 0 Å². The monoisotopic (exact) mass is 441 g/mol. The highest BCUT2D eigenvalue weighted by molar-refractivity contribution is 5.95. The zero-order valence-electron chi connectivity index (χ0n) is 18.2. The van der Waals surface area contributed by atoms with Gasteiger partial charge in [0.2, 0.25) is 5.91 Å². The van der Waals surface area contributed by atoms with Crippen LogP contribution in [0.2, 0.25) is 0 Å². The van der Waals surface area contributed by atoms with Gasteiger partial charge in [-0.3, -0.25) is 14.6 Å². The molecular weight excluding hydrogens is 418 g/mol. The lowest BCUT2D eigenvalue weighted by Gasteiger charge is -2.35. The maximum absolute atomic E-state index is 13.2. The van der Waals surface area contributed by atoms with E-state index in [-0.39, 0.29) is 5.91 Å². The molecule has 33 heavy (non-hydrogen) atoms. The second-order valence-corrected chi connectivity index (χ2v) is 8.00. The van der Waals surface area contributed by atoms with Gasteiger partial charge in [-0.25, -0.2) is 4.68 Å². The fraction of sp³-hybridized carbons (Fsp3) is 0.208. The fourth-order valence-electron chi connectivity index (χ4n) is 4.20. The van der Waals surface area contributed by atoms with Crippen molar-refractivity contribution in [2.45, 2.75) is 6.92 Å². The number of nitrogens with zero attached hydrogens (tertiary/aromatic N) is 6. The predicted molar refractivity (Wildman–Crippen MR) is 124 cm³/mol. The summed E-state index contributed by atoms with van der Waals surface area (Å²) in [5.41, 5.74) is 8.72. The van der Waals surface area contributed by atoms with Gasteiger partial charge in [-0.1, -0.05) is 17.3 Å². The molecule has 2 aromatic carbocycles. The minimum atomic E-state index is -0.444. The molecule has 1 aliphatic heterocycles. The van der Waals surface area contributed by atoms with Crippen molar-refractivity contribution in [2.24, 2.45) is 5.73 Å². The van der Waals surface area contributed by atoms with Crippen molar-refractivity contribution >= 4 is 28.3 Å². The molecule has 1 fully saturated rings. The molecule has 9 nitrogen and oxygen atoms in total. The second kappa shape index (κ2) is 8.34. The summed E-state index contributed by atoms with van der Waals surface area (Å²) in [5.74, 6) is -0.565. The molecule has 5 rings (SSSR count). The van der Waals surface area contributed by atoms with Gasteiger partial charge in [-0.05, 0) is 43.3 Å². The lowest BCUT2D eigenvalue weighted by atomic mass is 10.1. The van der Waals surface area contributed by atoms with Crippen molar-refractivity contribution in [2.75, 3.05) is 31.1 Å². The first kappa shape index (κ1) is 20.6. The number of anilines is 1. The summed E-state index contributed by atoms with van der Waals surface area (Å²) in [5, 5.41) is 10.5. The Kier molecular flexibility index (Phi) is 5.21. The van der Waals surface area contributed by atoms with Crippen LogP contribution in [0.15, 0.2) is 60.9 Å². The van der Waals surface area contributed by atoms with E-state index in [0.717, 1.165) is 22.1 Å². The van der Waals surface area contributed by atoms with Gasteiger partial charge < -0.3 is 15.5 Å². The first-order chi connectivity index (χ1) is 16.0. The van der Waals surface area contributed by atoms with Crippen LogP contribution in [0.3, 0.4) is 0 Å². The van der Waals surface area contributed by atoms with E-state index in [1.807, 2.05) is 48.2 Å². The Labute approximate surface area is 190 Å². The summed E-state index contributed by atoms with van der Waals surface area (Å²) in [4.78, 5) is 32.7. The van der Waals surface area contributed by atoms with E-state index < -0.39 is 5.91 Å². The molecule has 4 aromatic rings. The van der Waals surface area contributed by atoms with E-state index in [0.29, 0.717) is 43.1 Å². The van der Waals surface area contributed by atoms with Gasteiger partial charge in [0.15, 0.2) is 5.69 Å². The summed E-state index contributed by atoms with van der Waals surface area (Å²) in [6, 6.07) is 15.0. The van der Waals surface area contributed by atoms with Crippen LogP contribution in [0.5, 0.6) is 0 Å². The van der Waals surface area contributed by atoms with E-state index >= 15 is 0 Å². The maximum atomic E-state index is 13.2. The third kappa shape index (κ3) is 3.78. The van der Waals surface area contributed by atoms with Gasteiger partial charge >= 0.3 is 0 Å². The Balaban J connectivity index is 1.32. The lowest BCUT2D eigenvalue weighted by molar-refractivity contribution is 0.0739. The fourth-order valence-corrected chi connectivity index (χ4v) is 4.20. The highest BCUT2D eigenvalue weighted by atomic mass is 16.2. The maximum Gasteiger partial charge on any atom is 0.276 e. The standard InChI is InChI=1S/C24H23N7O2/c1-16-22(27-28-31(16)21-4-2-3-18-15-26-10-9-20(18)21)24(33)30-13-11-29(12-14-30)19-7-5-17(6-8-19)23(25)32/h2-10,15H,11-14H2,1H3,(H2,25,32). The normalized spacial score (nSPS) is 14.0. The predicted octanol–water partition coefficient (Wildman–Crippen LogP) is 2.19. The van der Waals surface area contributed by atoms with Crippen LogP contribution in [0.4, 0.5) is 5.69 Å². The van der Waals surface area contributed by atoms with Crippen LogP contribution in [0, 0.1) is 6.92 Å². The molecule has 1 aliphatic rings. The smallest absolute Gasteiger partial charge is 0.276 e. The molecule has 2 N–H and O–H groups in total. The van der Waals surface area contributed by atoms with Gasteiger partial charge in [0.1, 0.15) is 0 Å². The number of pyridine rings is 1. The van der Waals surface area contributed by atoms with Gasteiger partial charge in [-0.15, -0.1) is 5.10 Å². The van der Waals surface area contributed by atoms with E-state index in [4.69, 9.17) is 5.73 Å². The minimum absolute atomic E-state index is 0.121. The van der Waals surface area contributed by atoms with E-state index in [2.05, 4.69) is 20.2 Å². The zero-order valence-corrected chi connectivity index (χ0v) is 18.2. The van der Waals surface area contributed by atoms with Crippen molar-refractivity contribution < 1.29 is 9.59 Å². The molecule has 0 bridgehead atoms. The van der Waals surface area contributed by atoms with Crippen LogP contribution < -0.4 is 10.6 Å². The quantitative estimate of drug-likeness (QED) is 0.520. The van der Waals surface area contributed by atoms with E-state index in [9.17, 15) is 9.59 Å². The highest BCUT2D eigenvalue weighted by Crippen LogP contribution is 2.23. The molecule has 0 saturated carbocycles. The number of aromatic nitrogens is 4.